The molecule has 0 atom stereocenters. The maximum Gasteiger partial charge on any atom is 0.274 e. The Labute approximate surface area is 143 Å². The molecule has 4 nitrogen and oxygen atoms in total. The van der Waals surface area contributed by atoms with Crippen LogP contribution in [0.5, 0.6) is 0 Å². The Hall–Kier alpha value is -2.35. The van der Waals surface area contributed by atoms with Gasteiger partial charge in [0.1, 0.15) is 11.3 Å². The van der Waals surface area contributed by atoms with Crippen LogP contribution in [0.3, 0.4) is 0 Å². The molecule has 0 bridgehead atoms. The van der Waals surface area contributed by atoms with E-state index >= 15 is 0 Å². The lowest BCUT2D eigenvalue weighted by atomic mass is 10.2. The number of nitrogens with one attached hydrogen (secondary N) is 1. The summed E-state index contributed by atoms with van der Waals surface area (Å²) < 4.78 is 42.3. The number of aromatic nitrogens is 2. The largest absolute Gasteiger partial charge is 0.318 e. The lowest BCUT2D eigenvalue weighted by Crippen LogP contribution is -2.17. The van der Waals surface area contributed by atoms with Crippen LogP contribution in [0.15, 0.2) is 28.9 Å². The number of anilines is 1. The van der Waals surface area contributed by atoms with Crippen LogP contribution in [-0.2, 0) is 0 Å². The van der Waals surface area contributed by atoms with Crippen molar-refractivity contribution in [1.29, 1.82) is 0 Å². The molecule has 0 aliphatic carbocycles. The minimum atomic E-state index is -1.64. The lowest BCUT2D eigenvalue weighted by Gasteiger charge is -2.08. The van der Waals surface area contributed by atoms with E-state index in [0.29, 0.717) is 11.3 Å². The van der Waals surface area contributed by atoms with E-state index in [1.807, 2.05) is 13.0 Å². The van der Waals surface area contributed by atoms with Gasteiger partial charge in [0.2, 0.25) is 0 Å². The van der Waals surface area contributed by atoms with E-state index in [4.69, 9.17) is 0 Å². The number of nitrogens with zero attached hydrogens (tertiary/aromatic N) is 2. The first kappa shape index (κ1) is 16.5. The van der Waals surface area contributed by atoms with Crippen molar-refractivity contribution in [2.24, 2.45) is 0 Å². The number of fused-ring (bicyclic) bond motifs is 1. The van der Waals surface area contributed by atoms with Crippen molar-refractivity contribution in [2.45, 2.75) is 13.8 Å². The number of aryl methyl sites for hydroxylation is 2. The highest BCUT2D eigenvalue weighted by Gasteiger charge is 2.21. The summed E-state index contributed by atoms with van der Waals surface area (Å²) in [5, 5.41) is 2.26. The van der Waals surface area contributed by atoms with Gasteiger partial charge in [-0.25, -0.2) is 18.2 Å². The standard InChI is InChI=1S/C16H11BrF3N3O/c1-7-5-9(17)6-23-14(8(2)21-15(7)23)16(24)22-11-4-3-10(18)12(19)13(11)20/h3-6H,1-2H3,(H,22,24). The fourth-order valence-corrected chi connectivity index (χ4v) is 3.01. The van der Waals surface area contributed by atoms with Crippen LogP contribution >= 0.6 is 15.9 Å². The van der Waals surface area contributed by atoms with Crippen LogP contribution in [0, 0.1) is 31.3 Å². The Morgan fingerprint density at radius 1 is 1.21 bits per heavy atom. The predicted octanol–water partition coefficient (Wildman–Crippen LogP) is 4.38. The molecule has 0 aliphatic heterocycles. The molecular weight excluding hydrogens is 387 g/mol. The highest BCUT2D eigenvalue weighted by Crippen LogP contribution is 2.23. The van der Waals surface area contributed by atoms with E-state index < -0.39 is 29.0 Å². The Morgan fingerprint density at radius 2 is 1.92 bits per heavy atom. The van der Waals surface area contributed by atoms with Gasteiger partial charge in [0, 0.05) is 10.7 Å². The Kier molecular flexibility index (Phi) is 4.08. The van der Waals surface area contributed by atoms with E-state index in [2.05, 4.69) is 26.2 Å². The molecule has 3 rings (SSSR count). The molecule has 0 aliphatic rings. The van der Waals surface area contributed by atoms with Crippen molar-refractivity contribution >= 4 is 33.2 Å². The number of amides is 1. The number of rotatable bonds is 2. The molecule has 0 radical (unpaired) electrons. The van der Waals surface area contributed by atoms with Crippen LogP contribution in [0.25, 0.3) is 5.65 Å². The fourth-order valence-electron chi connectivity index (χ4n) is 2.46. The van der Waals surface area contributed by atoms with E-state index in [-0.39, 0.29) is 5.69 Å². The highest BCUT2D eigenvalue weighted by molar-refractivity contribution is 9.10. The Morgan fingerprint density at radius 3 is 2.62 bits per heavy atom. The van der Waals surface area contributed by atoms with E-state index in [1.54, 1.807) is 17.5 Å². The zero-order valence-corrected chi connectivity index (χ0v) is 14.2. The number of imidazole rings is 1. The fraction of sp³-hybridized carbons (Fsp3) is 0.125. The first-order chi connectivity index (χ1) is 11.3. The molecule has 0 unspecified atom stereocenters. The first-order valence-electron chi connectivity index (χ1n) is 6.89. The van der Waals surface area contributed by atoms with Gasteiger partial charge in [-0.05, 0) is 53.5 Å². The molecule has 1 N–H and O–H groups in total. The van der Waals surface area contributed by atoms with Gasteiger partial charge >= 0.3 is 0 Å². The molecule has 8 heteroatoms. The molecule has 0 spiro atoms. The van der Waals surface area contributed by atoms with Crippen LogP contribution in [0.1, 0.15) is 21.7 Å². The van der Waals surface area contributed by atoms with E-state index in [9.17, 15) is 18.0 Å². The van der Waals surface area contributed by atoms with Gasteiger partial charge in [-0.15, -0.1) is 0 Å². The zero-order chi connectivity index (χ0) is 17.6. The summed E-state index contributed by atoms with van der Waals surface area (Å²) in [7, 11) is 0. The smallest absolute Gasteiger partial charge is 0.274 e. The van der Waals surface area contributed by atoms with Crippen molar-refractivity contribution in [3.8, 4) is 0 Å². The molecule has 0 fully saturated rings. The van der Waals surface area contributed by atoms with Gasteiger partial charge in [0.25, 0.3) is 5.91 Å². The van der Waals surface area contributed by atoms with Crippen molar-refractivity contribution in [2.75, 3.05) is 5.32 Å². The van der Waals surface area contributed by atoms with Gasteiger partial charge in [-0.1, -0.05) is 0 Å². The third kappa shape index (κ3) is 2.66. The average Bonchev–Trinajstić information content (AvgIpc) is 2.84. The number of carbonyl (C=O) groups is 1. The third-order valence-electron chi connectivity index (χ3n) is 3.54. The summed E-state index contributed by atoms with van der Waals surface area (Å²) in [6, 6.07) is 3.56. The minimum Gasteiger partial charge on any atom is -0.318 e. The van der Waals surface area contributed by atoms with Crippen LogP contribution < -0.4 is 5.32 Å². The van der Waals surface area contributed by atoms with Gasteiger partial charge in [-0.3, -0.25) is 9.20 Å². The van der Waals surface area contributed by atoms with Crippen molar-refractivity contribution in [3.63, 3.8) is 0 Å². The maximum atomic E-state index is 13.7. The van der Waals surface area contributed by atoms with E-state index in [0.717, 1.165) is 22.2 Å². The number of carbonyl (C=O) groups excluding carboxylic acids is 1. The SMILES string of the molecule is Cc1nc2c(C)cc(Br)cn2c1C(=O)Nc1ccc(F)c(F)c1F. The average molecular weight is 398 g/mol. The van der Waals surface area contributed by atoms with Crippen molar-refractivity contribution in [1.82, 2.24) is 9.38 Å². The predicted molar refractivity (Wildman–Crippen MR) is 86.6 cm³/mol. The number of halogens is 4. The molecule has 1 aromatic carbocycles. The quantitative estimate of drug-likeness (QED) is 0.652. The number of hydrogen-bond donors (Lipinski definition) is 1. The van der Waals surface area contributed by atoms with Crippen molar-refractivity contribution < 1.29 is 18.0 Å². The summed E-state index contributed by atoms with van der Waals surface area (Å²) in [5.41, 5.74) is 1.58. The lowest BCUT2D eigenvalue weighted by molar-refractivity contribution is 0.102. The van der Waals surface area contributed by atoms with Crippen LogP contribution in [0.2, 0.25) is 0 Å². The molecule has 2 heterocycles. The molecule has 24 heavy (non-hydrogen) atoms. The monoisotopic (exact) mass is 397 g/mol. The molecule has 3 aromatic rings. The first-order valence-corrected chi connectivity index (χ1v) is 7.68. The minimum absolute atomic E-state index is 0.179. The molecule has 0 saturated carbocycles. The zero-order valence-electron chi connectivity index (χ0n) is 12.6. The second kappa shape index (κ2) is 5.94. The second-order valence-electron chi connectivity index (χ2n) is 5.26. The second-order valence-corrected chi connectivity index (χ2v) is 6.17. The number of hydrogen-bond acceptors (Lipinski definition) is 2. The van der Waals surface area contributed by atoms with Gasteiger partial charge in [-0.2, -0.15) is 0 Å². The highest BCUT2D eigenvalue weighted by atomic mass is 79.9. The maximum absolute atomic E-state index is 13.7. The van der Waals surface area contributed by atoms with Gasteiger partial charge in [0.05, 0.1) is 11.4 Å². The van der Waals surface area contributed by atoms with Crippen molar-refractivity contribution in [3.05, 3.63) is 63.3 Å². The summed E-state index contributed by atoms with van der Waals surface area (Å²) >= 11 is 3.34. The topological polar surface area (TPSA) is 46.4 Å². The summed E-state index contributed by atoms with van der Waals surface area (Å²) in [5.74, 6) is -5.09. The third-order valence-corrected chi connectivity index (χ3v) is 3.98. The summed E-state index contributed by atoms with van der Waals surface area (Å²) in [6.45, 7) is 3.47. The van der Waals surface area contributed by atoms with Crippen LogP contribution in [-0.4, -0.2) is 15.3 Å². The molecule has 0 saturated heterocycles. The Bertz CT molecular complexity index is 985. The molecule has 1 amide bonds. The molecule has 2 aromatic heterocycles. The van der Waals surface area contributed by atoms with Crippen LogP contribution in [0.4, 0.5) is 18.9 Å². The number of pyridine rings is 1. The molecule has 124 valence electrons. The molecular formula is C16H11BrF3N3O. The number of benzene rings is 1. The Balaban J connectivity index is 2.07. The normalized spacial score (nSPS) is 11.1. The van der Waals surface area contributed by atoms with Gasteiger partial charge < -0.3 is 5.32 Å². The summed E-state index contributed by atoms with van der Waals surface area (Å²) in [6.07, 6.45) is 1.65. The summed E-state index contributed by atoms with van der Waals surface area (Å²) in [4.78, 5) is 16.8. The van der Waals surface area contributed by atoms with Gasteiger partial charge in [0.15, 0.2) is 17.5 Å². The van der Waals surface area contributed by atoms with E-state index in [1.165, 1.54) is 0 Å².